The zero-order valence-electron chi connectivity index (χ0n) is 9.02. The van der Waals surface area contributed by atoms with Gasteiger partial charge in [0.05, 0.1) is 0 Å². The quantitative estimate of drug-likeness (QED) is 0.308. The number of phosphoric ester groups is 1. The molecule has 0 aromatic heterocycles. The normalized spacial score (nSPS) is 21.0. The van der Waals surface area contributed by atoms with Crippen LogP contribution in [0.25, 0.3) is 0 Å². The second-order valence-corrected chi connectivity index (χ2v) is 7.31. The monoisotopic (exact) mass is 330 g/mol. The van der Waals surface area contributed by atoms with Crippen LogP contribution in [0.5, 0.6) is 0 Å². The summed E-state index contributed by atoms with van der Waals surface area (Å²) in [6.45, 7) is 1.61. The summed E-state index contributed by atoms with van der Waals surface area (Å²) < 4.78 is 43.1. The molecule has 14 heteroatoms. The maximum absolute atomic E-state index is 11.1. The van der Waals surface area contributed by atoms with Gasteiger partial charge in [-0.1, -0.05) is 13.3 Å². The third-order valence-electron chi connectivity index (χ3n) is 1.21. The highest BCUT2D eigenvalue weighted by molar-refractivity contribution is 7.66. The Morgan fingerprint density at radius 2 is 1.50 bits per heavy atom. The first-order valence-electron chi connectivity index (χ1n) is 4.37. The molecule has 0 saturated carbocycles. The summed E-state index contributed by atoms with van der Waals surface area (Å²) in [7, 11) is -16.1. The van der Waals surface area contributed by atoms with E-state index in [4.69, 9.17) is 24.7 Å². The molecule has 0 spiro atoms. The van der Waals surface area contributed by atoms with E-state index in [0.717, 1.165) is 0 Å². The van der Waals surface area contributed by atoms with Gasteiger partial charge < -0.3 is 24.7 Å². The molecule has 110 valence electrons. The molecule has 0 fully saturated rings. The number of aliphatic hydroxyl groups is 1. The predicted octanol–water partition coefficient (Wildman–Crippen LogP) is 0.448. The van der Waals surface area contributed by atoms with Crippen LogP contribution in [0.2, 0.25) is 0 Å². The molecule has 18 heavy (non-hydrogen) atoms. The Kier molecular flexibility index (Phi) is 6.83. The molecule has 5 N–H and O–H groups in total. The molecule has 11 nitrogen and oxygen atoms in total. The first-order chi connectivity index (χ1) is 7.87. The fourth-order valence-corrected chi connectivity index (χ4v) is 3.83. The first-order valence-corrected chi connectivity index (χ1v) is 8.89. The second kappa shape index (κ2) is 6.69. The Balaban J connectivity index is 4.61. The van der Waals surface area contributed by atoms with Crippen LogP contribution in [-0.4, -0.2) is 31.0 Å². The molecule has 0 aliphatic heterocycles. The van der Waals surface area contributed by atoms with Crippen molar-refractivity contribution in [2.24, 2.45) is 0 Å². The summed E-state index contributed by atoms with van der Waals surface area (Å²) >= 11 is 0. The second-order valence-electron chi connectivity index (χ2n) is 2.94. The van der Waals surface area contributed by atoms with Crippen molar-refractivity contribution in [3.63, 3.8) is 0 Å². The molecular weight excluding hydrogens is 317 g/mol. The van der Waals surface area contributed by atoms with Gasteiger partial charge in [-0.05, 0) is 6.42 Å². The summed E-state index contributed by atoms with van der Waals surface area (Å²) in [5, 5.41) is 9.01. The van der Waals surface area contributed by atoms with Crippen molar-refractivity contribution in [3.8, 4) is 0 Å². The molecule has 0 aromatic carbocycles. The summed E-state index contributed by atoms with van der Waals surface area (Å²) in [6, 6.07) is 0. The lowest BCUT2D eigenvalue weighted by molar-refractivity contribution is -0.0410. The van der Waals surface area contributed by atoms with Gasteiger partial charge in [0, 0.05) is 0 Å². The van der Waals surface area contributed by atoms with E-state index in [1.165, 1.54) is 0 Å². The van der Waals surface area contributed by atoms with E-state index in [-0.39, 0.29) is 6.42 Å². The Labute approximate surface area is 102 Å². The van der Waals surface area contributed by atoms with Gasteiger partial charge in [0.2, 0.25) is 0 Å². The van der Waals surface area contributed by atoms with Crippen molar-refractivity contribution >= 4 is 23.5 Å². The van der Waals surface area contributed by atoms with E-state index in [1.807, 2.05) is 0 Å². The standard InChI is InChI=1S/C4H13O11P3/c1-2-3-4(5)13-17(9,10)15-18(11,12)14-16(6,7)8/h4-5H,2-3H2,1H3,(H,9,10)(H,11,12)(H2,6,7,8). The first kappa shape index (κ1) is 18.4. The molecule has 3 unspecified atom stereocenters. The van der Waals surface area contributed by atoms with Gasteiger partial charge in [-0.3, -0.25) is 4.52 Å². The van der Waals surface area contributed by atoms with Gasteiger partial charge >= 0.3 is 23.5 Å². The SMILES string of the molecule is CCCC(O)OP(=O)(O)OP(=O)(O)OP(=O)(O)O. The minimum absolute atomic E-state index is 0.0665. The van der Waals surface area contributed by atoms with E-state index >= 15 is 0 Å². The van der Waals surface area contributed by atoms with Crippen LogP contribution in [0, 0.1) is 0 Å². The van der Waals surface area contributed by atoms with Crippen LogP contribution in [0.1, 0.15) is 19.8 Å². The topological polar surface area (TPSA) is 180 Å². The zero-order chi connectivity index (χ0) is 14.6. The van der Waals surface area contributed by atoms with E-state index in [9.17, 15) is 13.7 Å². The maximum atomic E-state index is 11.1. The van der Waals surface area contributed by atoms with Crippen LogP contribution in [0.4, 0.5) is 0 Å². The molecular formula is C4H13O11P3. The highest BCUT2D eigenvalue weighted by Crippen LogP contribution is 2.66. The maximum Gasteiger partial charge on any atom is 0.490 e. The van der Waals surface area contributed by atoms with Gasteiger partial charge in [-0.15, -0.1) is 0 Å². The average Bonchev–Trinajstić information content (AvgIpc) is 1.93. The fourth-order valence-electron chi connectivity index (χ4n) is 0.752. The molecule has 0 aromatic rings. The molecule has 0 radical (unpaired) electrons. The average molecular weight is 330 g/mol. The lowest BCUT2D eigenvalue weighted by Gasteiger charge is -2.18. The smallest absolute Gasteiger partial charge is 0.367 e. The lowest BCUT2D eigenvalue weighted by Crippen LogP contribution is -2.10. The fraction of sp³-hybridized carbons (Fsp3) is 1.00. The molecule has 0 rings (SSSR count). The van der Waals surface area contributed by atoms with E-state index in [0.29, 0.717) is 6.42 Å². The van der Waals surface area contributed by atoms with E-state index in [2.05, 4.69) is 13.1 Å². The van der Waals surface area contributed by atoms with Crippen molar-refractivity contribution in [2.45, 2.75) is 26.1 Å². The summed E-state index contributed by atoms with van der Waals surface area (Å²) in [6.07, 6.45) is -1.44. The highest BCUT2D eigenvalue weighted by Gasteiger charge is 2.41. The van der Waals surface area contributed by atoms with E-state index in [1.54, 1.807) is 6.92 Å². The number of hydrogen-bond donors (Lipinski definition) is 5. The van der Waals surface area contributed by atoms with Gasteiger partial charge in [0.15, 0.2) is 6.29 Å². The number of aliphatic hydroxyl groups excluding tert-OH is 1. The van der Waals surface area contributed by atoms with Crippen molar-refractivity contribution in [1.82, 2.24) is 0 Å². The molecule has 0 aliphatic rings. The largest absolute Gasteiger partial charge is 0.490 e. The molecule has 0 saturated heterocycles. The van der Waals surface area contributed by atoms with Crippen LogP contribution in [-0.2, 0) is 26.8 Å². The Bertz CT molecular complexity index is 399. The van der Waals surface area contributed by atoms with Crippen molar-refractivity contribution in [2.75, 3.05) is 0 Å². The van der Waals surface area contributed by atoms with Gasteiger partial charge in [-0.2, -0.15) is 8.62 Å². The minimum Gasteiger partial charge on any atom is -0.367 e. The van der Waals surface area contributed by atoms with Crippen molar-refractivity contribution in [1.29, 1.82) is 0 Å². The molecule has 0 aliphatic carbocycles. The Hall–Kier alpha value is 0.370. The molecule has 3 atom stereocenters. The van der Waals surface area contributed by atoms with Crippen LogP contribution < -0.4 is 0 Å². The number of hydrogen-bond acceptors (Lipinski definition) is 7. The number of phosphoric acid groups is 3. The van der Waals surface area contributed by atoms with Gasteiger partial charge in [0.25, 0.3) is 0 Å². The van der Waals surface area contributed by atoms with E-state index < -0.39 is 29.8 Å². The molecule has 0 amide bonds. The summed E-state index contributed by atoms with van der Waals surface area (Å²) in [4.78, 5) is 34.1. The van der Waals surface area contributed by atoms with Crippen LogP contribution in [0.3, 0.4) is 0 Å². The summed E-state index contributed by atoms with van der Waals surface area (Å²) in [5.74, 6) is 0. The highest BCUT2D eigenvalue weighted by atomic mass is 31.3. The third kappa shape index (κ3) is 9.32. The summed E-state index contributed by atoms with van der Waals surface area (Å²) in [5.41, 5.74) is 0. The van der Waals surface area contributed by atoms with Crippen LogP contribution in [0.15, 0.2) is 0 Å². The zero-order valence-corrected chi connectivity index (χ0v) is 11.7. The molecule has 0 bridgehead atoms. The lowest BCUT2D eigenvalue weighted by atomic mass is 10.3. The Morgan fingerprint density at radius 3 is 1.89 bits per heavy atom. The van der Waals surface area contributed by atoms with Gasteiger partial charge in [0.1, 0.15) is 0 Å². The predicted molar refractivity (Wildman–Crippen MR) is 55.9 cm³/mol. The van der Waals surface area contributed by atoms with Gasteiger partial charge in [-0.25, -0.2) is 13.7 Å². The van der Waals surface area contributed by atoms with Crippen LogP contribution >= 0.6 is 23.5 Å². The minimum atomic E-state index is -5.52. The molecule has 0 heterocycles. The Morgan fingerprint density at radius 1 is 1.00 bits per heavy atom. The number of rotatable bonds is 8. The third-order valence-corrected chi connectivity index (χ3v) is 5.04. The van der Waals surface area contributed by atoms with Crippen molar-refractivity contribution in [3.05, 3.63) is 0 Å². The van der Waals surface area contributed by atoms with Crippen molar-refractivity contribution < 1.29 is 51.5 Å².